The van der Waals surface area contributed by atoms with E-state index in [1.165, 1.54) is 0 Å². The SMILES string of the molecule is CC1CC(C(=O)NCc2cnc[nH]2)(C(N)=S)C1. The van der Waals surface area contributed by atoms with Crippen molar-refractivity contribution in [2.24, 2.45) is 17.1 Å². The largest absolute Gasteiger partial charge is 0.392 e. The lowest BCUT2D eigenvalue weighted by molar-refractivity contribution is -0.133. The molecule has 4 N–H and O–H groups in total. The molecule has 1 fully saturated rings. The molecule has 2 rings (SSSR count). The Morgan fingerprint density at radius 2 is 2.47 bits per heavy atom. The maximum Gasteiger partial charge on any atom is 0.233 e. The number of rotatable bonds is 4. The van der Waals surface area contributed by atoms with Gasteiger partial charge in [-0.05, 0) is 18.8 Å². The number of aromatic nitrogens is 2. The number of carbonyl (C=O) groups is 1. The van der Waals surface area contributed by atoms with Crippen molar-refractivity contribution in [3.63, 3.8) is 0 Å². The molecule has 5 nitrogen and oxygen atoms in total. The standard InChI is InChI=1S/C11H16N4OS/c1-7-2-11(3-7,9(12)17)10(16)14-5-8-4-13-6-15-8/h4,6-7H,2-3,5H2,1H3,(H2,12,17)(H,13,15)(H,14,16). The van der Waals surface area contributed by atoms with Crippen LogP contribution in [0.1, 0.15) is 25.5 Å². The molecule has 6 heteroatoms. The number of amides is 1. The number of thiocarbonyl (C=S) groups is 1. The molecule has 0 spiro atoms. The van der Waals surface area contributed by atoms with Crippen LogP contribution in [0.3, 0.4) is 0 Å². The van der Waals surface area contributed by atoms with Gasteiger partial charge in [-0.15, -0.1) is 0 Å². The number of hydrogen-bond donors (Lipinski definition) is 3. The summed E-state index contributed by atoms with van der Waals surface area (Å²) in [5.41, 5.74) is 5.93. The first kappa shape index (κ1) is 12.0. The second kappa shape index (κ2) is 4.44. The number of H-pyrrole nitrogens is 1. The summed E-state index contributed by atoms with van der Waals surface area (Å²) in [6, 6.07) is 0. The van der Waals surface area contributed by atoms with Crippen molar-refractivity contribution < 1.29 is 4.79 Å². The smallest absolute Gasteiger partial charge is 0.233 e. The maximum absolute atomic E-state index is 12.1. The van der Waals surface area contributed by atoms with Crippen molar-refractivity contribution in [2.45, 2.75) is 26.3 Å². The van der Waals surface area contributed by atoms with E-state index < -0.39 is 5.41 Å². The van der Waals surface area contributed by atoms with Crippen molar-refractivity contribution in [3.05, 3.63) is 18.2 Å². The lowest BCUT2D eigenvalue weighted by Gasteiger charge is -2.44. The topological polar surface area (TPSA) is 83.8 Å². The second-order valence-electron chi connectivity index (χ2n) is 4.72. The van der Waals surface area contributed by atoms with Gasteiger partial charge in [-0.25, -0.2) is 4.98 Å². The summed E-state index contributed by atoms with van der Waals surface area (Å²) in [6.45, 7) is 2.52. The van der Waals surface area contributed by atoms with Crippen LogP contribution in [0.4, 0.5) is 0 Å². The Balaban J connectivity index is 1.96. The van der Waals surface area contributed by atoms with Gasteiger partial charge in [0.15, 0.2) is 0 Å². The van der Waals surface area contributed by atoms with Crippen LogP contribution >= 0.6 is 12.2 Å². The van der Waals surface area contributed by atoms with Crippen molar-refractivity contribution in [1.29, 1.82) is 0 Å². The predicted molar refractivity (Wildman–Crippen MR) is 68.1 cm³/mol. The van der Waals surface area contributed by atoms with Crippen LogP contribution in [0.5, 0.6) is 0 Å². The van der Waals surface area contributed by atoms with E-state index in [-0.39, 0.29) is 5.91 Å². The molecular weight excluding hydrogens is 236 g/mol. The summed E-state index contributed by atoms with van der Waals surface area (Å²) in [7, 11) is 0. The summed E-state index contributed by atoms with van der Waals surface area (Å²) >= 11 is 5.02. The molecule has 0 aliphatic heterocycles. The molecule has 17 heavy (non-hydrogen) atoms. The molecule has 0 unspecified atom stereocenters. The van der Waals surface area contributed by atoms with E-state index in [0.717, 1.165) is 18.5 Å². The van der Waals surface area contributed by atoms with Gasteiger partial charge < -0.3 is 16.0 Å². The van der Waals surface area contributed by atoms with Crippen molar-refractivity contribution in [1.82, 2.24) is 15.3 Å². The molecule has 1 aliphatic rings. The third-order valence-corrected chi connectivity index (χ3v) is 3.69. The molecule has 1 aromatic rings. The molecule has 1 saturated carbocycles. The van der Waals surface area contributed by atoms with Gasteiger partial charge in [-0.2, -0.15) is 0 Å². The highest BCUT2D eigenvalue weighted by atomic mass is 32.1. The third-order valence-electron chi connectivity index (χ3n) is 3.29. The number of imidazole rings is 1. The van der Waals surface area contributed by atoms with E-state index in [9.17, 15) is 4.79 Å². The lowest BCUT2D eigenvalue weighted by Crippen LogP contribution is -2.55. The quantitative estimate of drug-likeness (QED) is 0.690. The molecule has 0 aromatic carbocycles. The first-order chi connectivity index (χ1) is 8.04. The van der Waals surface area contributed by atoms with Crippen LogP contribution in [0.25, 0.3) is 0 Å². The number of hydrogen-bond acceptors (Lipinski definition) is 3. The van der Waals surface area contributed by atoms with Gasteiger partial charge in [0.05, 0.1) is 29.0 Å². The average molecular weight is 252 g/mol. The normalized spacial score (nSPS) is 27.2. The Morgan fingerprint density at radius 3 is 2.94 bits per heavy atom. The van der Waals surface area contributed by atoms with Gasteiger partial charge in [-0.1, -0.05) is 19.1 Å². The molecule has 92 valence electrons. The first-order valence-electron chi connectivity index (χ1n) is 5.60. The van der Waals surface area contributed by atoms with E-state index in [4.69, 9.17) is 18.0 Å². The first-order valence-corrected chi connectivity index (χ1v) is 6.01. The molecule has 0 atom stereocenters. The Kier molecular flexibility index (Phi) is 3.15. The number of nitrogens with two attached hydrogens (primary N) is 1. The minimum atomic E-state index is -0.630. The fraction of sp³-hybridized carbons (Fsp3) is 0.545. The van der Waals surface area contributed by atoms with Crippen LogP contribution in [-0.4, -0.2) is 20.9 Å². The van der Waals surface area contributed by atoms with Gasteiger partial charge >= 0.3 is 0 Å². The van der Waals surface area contributed by atoms with Crippen molar-refractivity contribution in [2.75, 3.05) is 0 Å². The van der Waals surface area contributed by atoms with E-state index in [1.54, 1.807) is 12.5 Å². The highest BCUT2D eigenvalue weighted by Crippen LogP contribution is 2.45. The zero-order valence-electron chi connectivity index (χ0n) is 9.69. The molecule has 1 aliphatic carbocycles. The Labute approximate surface area is 105 Å². The number of carbonyl (C=O) groups excluding carboxylic acids is 1. The summed E-state index contributed by atoms with van der Waals surface area (Å²) < 4.78 is 0. The fourth-order valence-electron chi connectivity index (χ4n) is 2.35. The van der Waals surface area contributed by atoms with Crippen LogP contribution in [-0.2, 0) is 11.3 Å². The summed E-state index contributed by atoms with van der Waals surface area (Å²) in [5.74, 6) is 0.437. The molecular formula is C11H16N4OS. The van der Waals surface area contributed by atoms with Crippen LogP contribution in [0, 0.1) is 11.3 Å². The van der Waals surface area contributed by atoms with Crippen molar-refractivity contribution in [3.8, 4) is 0 Å². The predicted octanol–water partition coefficient (Wildman–Crippen LogP) is 0.728. The highest BCUT2D eigenvalue weighted by molar-refractivity contribution is 7.80. The summed E-state index contributed by atoms with van der Waals surface area (Å²) in [5, 5.41) is 2.85. The van der Waals surface area contributed by atoms with E-state index >= 15 is 0 Å². The summed E-state index contributed by atoms with van der Waals surface area (Å²) in [6.07, 6.45) is 4.75. The van der Waals surface area contributed by atoms with Gasteiger partial charge in [0.1, 0.15) is 0 Å². The summed E-state index contributed by atoms with van der Waals surface area (Å²) in [4.78, 5) is 19.2. The highest BCUT2D eigenvalue weighted by Gasteiger charge is 2.50. The Hall–Kier alpha value is -1.43. The minimum absolute atomic E-state index is 0.0716. The molecule has 1 aromatic heterocycles. The van der Waals surface area contributed by atoms with E-state index in [2.05, 4.69) is 22.2 Å². The number of nitrogens with one attached hydrogen (secondary N) is 2. The monoisotopic (exact) mass is 252 g/mol. The second-order valence-corrected chi connectivity index (χ2v) is 5.16. The Morgan fingerprint density at radius 1 is 1.76 bits per heavy atom. The molecule has 0 radical (unpaired) electrons. The number of aromatic amines is 1. The van der Waals surface area contributed by atoms with Crippen LogP contribution in [0.15, 0.2) is 12.5 Å². The molecule has 0 bridgehead atoms. The molecule has 1 amide bonds. The number of nitrogens with zero attached hydrogens (tertiary/aromatic N) is 1. The minimum Gasteiger partial charge on any atom is -0.392 e. The Bertz CT molecular complexity index is 423. The zero-order valence-corrected chi connectivity index (χ0v) is 10.5. The van der Waals surface area contributed by atoms with Gasteiger partial charge in [-0.3, -0.25) is 4.79 Å². The van der Waals surface area contributed by atoms with E-state index in [1.807, 2.05) is 0 Å². The lowest BCUT2D eigenvalue weighted by atomic mass is 9.62. The molecule has 0 saturated heterocycles. The van der Waals surface area contributed by atoms with Crippen LogP contribution in [0.2, 0.25) is 0 Å². The maximum atomic E-state index is 12.1. The van der Waals surface area contributed by atoms with Gasteiger partial charge in [0.2, 0.25) is 5.91 Å². The third kappa shape index (κ3) is 2.17. The van der Waals surface area contributed by atoms with Crippen molar-refractivity contribution >= 4 is 23.1 Å². The van der Waals surface area contributed by atoms with E-state index in [0.29, 0.717) is 17.5 Å². The van der Waals surface area contributed by atoms with Crippen LogP contribution < -0.4 is 11.1 Å². The van der Waals surface area contributed by atoms with Gasteiger partial charge in [0, 0.05) is 6.20 Å². The zero-order chi connectivity index (χ0) is 12.5. The fourth-order valence-corrected chi connectivity index (χ4v) is 2.61. The molecule has 1 heterocycles. The van der Waals surface area contributed by atoms with Gasteiger partial charge in [0.25, 0.3) is 0 Å². The average Bonchev–Trinajstić information content (AvgIpc) is 2.73.